The van der Waals surface area contributed by atoms with Gasteiger partial charge in [-0.2, -0.15) is 5.26 Å². The maximum absolute atomic E-state index is 12.6. The molecule has 0 unspecified atom stereocenters. The predicted octanol–water partition coefficient (Wildman–Crippen LogP) is 2.29. The Morgan fingerprint density at radius 3 is 2.58 bits per heavy atom. The molecule has 2 aromatic rings. The normalized spacial score (nSPS) is 10.8. The van der Waals surface area contributed by atoms with Gasteiger partial charge in [0.2, 0.25) is 10.0 Å². The highest BCUT2D eigenvalue weighted by molar-refractivity contribution is 7.89. The summed E-state index contributed by atoms with van der Waals surface area (Å²) in [4.78, 5) is 14.1. The molecule has 0 radical (unpaired) electrons. The second-order valence-corrected chi connectivity index (χ2v) is 7.41. The Labute approximate surface area is 153 Å². The molecule has 1 amide bonds. The van der Waals surface area contributed by atoms with Gasteiger partial charge in [-0.1, -0.05) is 24.3 Å². The van der Waals surface area contributed by atoms with Gasteiger partial charge in [-0.25, -0.2) is 13.1 Å². The highest BCUT2D eigenvalue weighted by Crippen LogP contribution is 2.14. The first-order valence-corrected chi connectivity index (χ1v) is 9.31. The maximum Gasteiger partial charge on any atom is 0.253 e. The molecule has 26 heavy (non-hydrogen) atoms. The summed E-state index contributed by atoms with van der Waals surface area (Å²) in [5.74, 6) is -0.296. The van der Waals surface area contributed by atoms with Gasteiger partial charge >= 0.3 is 0 Å². The van der Waals surface area contributed by atoms with E-state index in [1.54, 1.807) is 37.4 Å². The molecule has 0 atom stereocenters. The second-order valence-electron chi connectivity index (χ2n) is 5.64. The third kappa shape index (κ3) is 4.79. The topological polar surface area (TPSA) is 90.3 Å². The fraction of sp³-hybridized carbons (Fsp3) is 0.158. The molecule has 0 bridgehead atoms. The highest BCUT2D eigenvalue weighted by atomic mass is 32.2. The van der Waals surface area contributed by atoms with E-state index in [1.807, 2.05) is 6.07 Å². The van der Waals surface area contributed by atoms with E-state index in [0.29, 0.717) is 12.1 Å². The van der Waals surface area contributed by atoms with Gasteiger partial charge in [-0.15, -0.1) is 6.58 Å². The van der Waals surface area contributed by atoms with Crippen molar-refractivity contribution < 1.29 is 13.2 Å². The Morgan fingerprint density at radius 2 is 1.96 bits per heavy atom. The predicted molar refractivity (Wildman–Crippen MR) is 98.8 cm³/mol. The van der Waals surface area contributed by atoms with Crippen LogP contribution in [-0.4, -0.2) is 32.8 Å². The minimum absolute atomic E-state index is 0.0250. The van der Waals surface area contributed by atoms with E-state index in [-0.39, 0.29) is 22.9 Å². The SMILES string of the molecule is C=CCNS(=O)(=O)c1cccc(C(=O)N(C)Cc2ccc(C#N)cc2)c1. The van der Waals surface area contributed by atoms with Crippen LogP contribution in [-0.2, 0) is 16.6 Å². The number of nitriles is 1. The van der Waals surface area contributed by atoms with Gasteiger partial charge < -0.3 is 4.90 Å². The number of benzene rings is 2. The summed E-state index contributed by atoms with van der Waals surface area (Å²) in [5, 5.41) is 8.82. The first kappa shape index (κ1) is 19.4. The zero-order valence-corrected chi connectivity index (χ0v) is 15.2. The number of rotatable bonds is 7. The van der Waals surface area contributed by atoms with Crippen LogP contribution in [0.5, 0.6) is 0 Å². The summed E-state index contributed by atoms with van der Waals surface area (Å²) in [6.07, 6.45) is 1.44. The van der Waals surface area contributed by atoms with Crippen LogP contribution in [0.25, 0.3) is 0 Å². The van der Waals surface area contributed by atoms with Crippen LogP contribution in [0.1, 0.15) is 21.5 Å². The summed E-state index contributed by atoms with van der Waals surface area (Å²) in [6, 6.07) is 14.9. The molecule has 0 aliphatic carbocycles. The molecule has 0 aliphatic heterocycles. The Balaban J connectivity index is 2.16. The Hall–Kier alpha value is -2.95. The molecule has 0 saturated carbocycles. The molecule has 0 saturated heterocycles. The average molecular weight is 369 g/mol. The minimum Gasteiger partial charge on any atom is -0.337 e. The first-order valence-electron chi connectivity index (χ1n) is 7.82. The van der Waals surface area contributed by atoms with Gasteiger partial charge in [0, 0.05) is 25.7 Å². The van der Waals surface area contributed by atoms with E-state index >= 15 is 0 Å². The minimum atomic E-state index is -3.69. The van der Waals surface area contributed by atoms with Crippen molar-refractivity contribution in [1.82, 2.24) is 9.62 Å². The average Bonchev–Trinajstić information content (AvgIpc) is 2.66. The lowest BCUT2D eigenvalue weighted by molar-refractivity contribution is 0.0785. The van der Waals surface area contributed by atoms with E-state index in [4.69, 9.17) is 5.26 Å². The molecule has 134 valence electrons. The number of sulfonamides is 1. The molecule has 6 nitrogen and oxygen atoms in total. The van der Waals surface area contributed by atoms with Crippen molar-refractivity contribution in [3.63, 3.8) is 0 Å². The van der Waals surface area contributed by atoms with Crippen molar-refractivity contribution in [3.8, 4) is 6.07 Å². The summed E-state index contributed by atoms with van der Waals surface area (Å²) < 4.78 is 26.7. The molecule has 0 aliphatic rings. The zero-order chi connectivity index (χ0) is 19.2. The number of hydrogen-bond acceptors (Lipinski definition) is 4. The molecule has 0 heterocycles. The van der Waals surface area contributed by atoms with Gasteiger partial charge in [-0.05, 0) is 35.9 Å². The Kier molecular flexibility index (Phi) is 6.28. The van der Waals surface area contributed by atoms with E-state index in [2.05, 4.69) is 11.3 Å². The van der Waals surface area contributed by atoms with E-state index < -0.39 is 10.0 Å². The fourth-order valence-electron chi connectivity index (χ4n) is 2.30. The second kappa shape index (κ2) is 8.43. The molecule has 1 N–H and O–H groups in total. The van der Waals surface area contributed by atoms with E-state index in [1.165, 1.54) is 29.2 Å². The quantitative estimate of drug-likeness (QED) is 0.758. The zero-order valence-electron chi connectivity index (χ0n) is 14.3. The van der Waals surface area contributed by atoms with Crippen molar-refractivity contribution in [1.29, 1.82) is 5.26 Å². The number of hydrogen-bond donors (Lipinski definition) is 1. The third-order valence-electron chi connectivity index (χ3n) is 3.66. The van der Waals surface area contributed by atoms with Crippen molar-refractivity contribution in [3.05, 3.63) is 77.9 Å². The molecule has 2 rings (SSSR count). The van der Waals surface area contributed by atoms with Gasteiger partial charge in [0.15, 0.2) is 0 Å². The highest BCUT2D eigenvalue weighted by Gasteiger charge is 2.17. The van der Waals surface area contributed by atoms with Crippen molar-refractivity contribution >= 4 is 15.9 Å². The van der Waals surface area contributed by atoms with Crippen LogP contribution < -0.4 is 4.72 Å². The van der Waals surface area contributed by atoms with Crippen molar-refractivity contribution in [2.75, 3.05) is 13.6 Å². The van der Waals surface area contributed by atoms with E-state index in [0.717, 1.165) is 5.56 Å². The lowest BCUT2D eigenvalue weighted by Gasteiger charge is -2.18. The fourth-order valence-corrected chi connectivity index (χ4v) is 3.34. The van der Waals surface area contributed by atoms with Crippen LogP contribution >= 0.6 is 0 Å². The summed E-state index contributed by atoms with van der Waals surface area (Å²) in [5.41, 5.74) is 1.70. The Morgan fingerprint density at radius 1 is 1.27 bits per heavy atom. The molecule has 7 heteroatoms. The Bertz CT molecular complexity index is 945. The van der Waals surface area contributed by atoms with Gasteiger partial charge in [0.25, 0.3) is 5.91 Å². The number of amides is 1. The molecule has 0 spiro atoms. The monoisotopic (exact) mass is 369 g/mol. The lowest BCUT2D eigenvalue weighted by Crippen LogP contribution is -2.27. The first-order chi connectivity index (χ1) is 12.4. The van der Waals surface area contributed by atoms with Gasteiger partial charge in [0.1, 0.15) is 0 Å². The van der Waals surface area contributed by atoms with Crippen LogP contribution in [0.4, 0.5) is 0 Å². The number of carbonyl (C=O) groups is 1. The van der Waals surface area contributed by atoms with Crippen molar-refractivity contribution in [2.45, 2.75) is 11.4 Å². The maximum atomic E-state index is 12.6. The number of carbonyl (C=O) groups excluding carboxylic acids is 1. The molecule has 0 aromatic heterocycles. The van der Waals surface area contributed by atoms with Crippen LogP contribution in [0.15, 0.2) is 66.1 Å². The third-order valence-corrected chi connectivity index (χ3v) is 5.08. The molecular weight excluding hydrogens is 350 g/mol. The van der Waals surface area contributed by atoms with Crippen LogP contribution in [0.3, 0.4) is 0 Å². The molecule has 2 aromatic carbocycles. The molecule has 0 fully saturated rings. The summed E-state index contributed by atoms with van der Waals surface area (Å²) >= 11 is 0. The number of nitrogens with zero attached hydrogens (tertiary/aromatic N) is 2. The summed E-state index contributed by atoms with van der Waals surface area (Å²) in [6.45, 7) is 3.93. The summed E-state index contributed by atoms with van der Waals surface area (Å²) in [7, 11) is -2.06. The standard InChI is InChI=1S/C19H19N3O3S/c1-3-11-21-26(24,25)18-6-4-5-17(12-18)19(23)22(2)14-16-9-7-15(13-20)8-10-16/h3-10,12,21H,1,11,14H2,2H3. The van der Waals surface area contributed by atoms with Gasteiger partial charge in [-0.3, -0.25) is 4.79 Å². The van der Waals surface area contributed by atoms with Gasteiger partial charge in [0.05, 0.1) is 16.5 Å². The van der Waals surface area contributed by atoms with Crippen LogP contribution in [0, 0.1) is 11.3 Å². The van der Waals surface area contributed by atoms with Crippen molar-refractivity contribution in [2.24, 2.45) is 0 Å². The van der Waals surface area contributed by atoms with Crippen LogP contribution in [0.2, 0.25) is 0 Å². The number of nitrogens with one attached hydrogen (secondary N) is 1. The lowest BCUT2D eigenvalue weighted by atomic mass is 10.1. The molecular formula is C19H19N3O3S. The van der Waals surface area contributed by atoms with E-state index in [9.17, 15) is 13.2 Å². The smallest absolute Gasteiger partial charge is 0.253 e. The largest absolute Gasteiger partial charge is 0.337 e.